The van der Waals surface area contributed by atoms with Crippen molar-refractivity contribution in [2.45, 2.75) is 0 Å². The van der Waals surface area contributed by atoms with Crippen LogP contribution in [0.3, 0.4) is 0 Å². The molecule has 0 aromatic heterocycles. The van der Waals surface area contributed by atoms with Gasteiger partial charge in [0, 0.05) is 12.1 Å². The van der Waals surface area contributed by atoms with Crippen molar-refractivity contribution in [2.75, 3.05) is 40.4 Å². The average molecular weight is 436 g/mol. The minimum atomic E-state index is -0.681. The molecule has 0 aliphatic carbocycles. The summed E-state index contributed by atoms with van der Waals surface area (Å²) in [6.07, 6.45) is 2.74. The van der Waals surface area contributed by atoms with Crippen LogP contribution in [-0.2, 0) is 14.3 Å². The second-order valence-corrected chi connectivity index (χ2v) is 6.20. The fourth-order valence-corrected chi connectivity index (χ4v) is 2.69. The monoisotopic (exact) mass is 435 g/mol. The first kappa shape index (κ1) is 22.9. The predicted molar refractivity (Wildman–Crippen MR) is 113 cm³/mol. The normalized spacial score (nSPS) is 10.4. The molecular formula is C21H22ClNO7. The molecule has 0 atom stereocenters. The Morgan fingerprint density at radius 2 is 1.57 bits per heavy atom. The maximum absolute atomic E-state index is 12.1. The van der Waals surface area contributed by atoms with Gasteiger partial charge in [-0.25, -0.2) is 4.79 Å². The number of hydrogen-bond donors (Lipinski definition) is 1. The number of ether oxygens (including phenoxy) is 5. The van der Waals surface area contributed by atoms with E-state index in [2.05, 4.69) is 5.32 Å². The number of hydrogen-bond acceptors (Lipinski definition) is 7. The van der Waals surface area contributed by atoms with Gasteiger partial charge >= 0.3 is 5.97 Å². The van der Waals surface area contributed by atoms with Crippen LogP contribution in [0.2, 0.25) is 5.02 Å². The van der Waals surface area contributed by atoms with Crippen LogP contribution in [0.15, 0.2) is 36.4 Å². The van der Waals surface area contributed by atoms with E-state index in [0.29, 0.717) is 39.3 Å². The molecule has 0 heterocycles. The topological polar surface area (TPSA) is 92.3 Å². The molecule has 0 radical (unpaired) electrons. The summed E-state index contributed by atoms with van der Waals surface area (Å²) in [5.41, 5.74) is 1.02. The molecule has 9 heteroatoms. The summed E-state index contributed by atoms with van der Waals surface area (Å²) < 4.78 is 25.6. The van der Waals surface area contributed by atoms with Gasteiger partial charge in [-0.1, -0.05) is 17.7 Å². The van der Waals surface area contributed by atoms with E-state index >= 15 is 0 Å². The van der Waals surface area contributed by atoms with E-state index in [4.69, 9.17) is 35.3 Å². The Hall–Kier alpha value is -3.39. The second kappa shape index (κ2) is 11.0. The molecule has 0 aliphatic heterocycles. The molecule has 0 bridgehead atoms. The highest BCUT2D eigenvalue weighted by molar-refractivity contribution is 6.32. The molecule has 2 rings (SSSR count). The highest BCUT2D eigenvalue weighted by Crippen LogP contribution is 2.35. The maximum atomic E-state index is 12.1. The number of esters is 1. The molecule has 0 unspecified atom stereocenters. The Balaban J connectivity index is 1.94. The molecule has 2 aromatic rings. The Labute approximate surface area is 179 Å². The number of benzene rings is 2. The number of methoxy groups -OCH3 is 4. The summed E-state index contributed by atoms with van der Waals surface area (Å²) in [5.74, 6) is 0.618. The first-order valence-electron chi connectivity index (χ1n) is 8.70. The number of carbonyl (C=O) groups is 2. The predicted octanol–water partition coefficient (Wildman–Crippen LogP) is 3.57. The van der Waals surface area contributed by atoms with Crippen molar-refractivity contribution < 1.29 is 33.3 Å². The van der Waals surface area contributed by atoms with Crippen LogP contribution < -0.4 is 24.3 Å². The lowest BCUT2D eigenvalue weighted by Crippen LogP contribution is -2.20. The number of anilines is 1. The van der Waals surface area contributed by atoms with Crippen LogP contribution in [0.4, 0.5) is 5.69 Å². The van der Waals surface area contributed by atoms with Gasteiger partial charge in [0.1, 0.15) is 11.5 Å². The van der Waals surface area contributed by atoms with Crippen LogP contribution in [-0.4, -0.2) is 46.9 Å². The van der Waals surface area contributed by atoms with E-state index in [-0.39, 0.29) is 0 Å². The van der Waals surface area contributed by atoms with E-state index in [9.17, 15) is 9.59 Å². The lowest BCUT2D eigenvalue weighted by atomic mass is 10.2. The van der Waals surface area contributed by atoms with E-state index in [0.717, 1.165) is 0 Å². The van der Waals surface area contributed by atoms with Crippen molar-refractivity contribution in [1.82, 2.24) is 0 Å². The summed E-state index contributed by atoms with van der Waals surface area (Å²) in [6, 6.07) is 8.18. The summed E-state index contributed by atoms with van der Waals surface area (Å²) in [4.78, 5) is 24.0. The fraction of sp³-hybridized carbons (Fsp3) is 0.238. The number of rotatable bonds is 9. The Bertz CT molecular complexity index is 943. The lowest BCUT2D eigenvalue weighted by molar-refractivity contribution is -0.142. The molecule has 160 valence electrons. The van der Waals surface area contributed by atoms with Crippen molar-refractivity contribution in [3.8, 4) is 23.0 Å². The van der Waals surface area contributed by atoms with Gasteiger partial charge in [-0.15, -0.1) is 0 Å². The summed E-state index contributed by atoms with van der Waals surface area (Å²) in [5, 5.41) is 2.87. The third-order valence-corrected chi connectivity index (χ3v) is 4.21. The van der Waals surface area contributed by atoms with Gasteiger partial charge in [0.25, 0.3) is 5.91 Å². The molecule has 0 fully saturated rings. The third kappa shape index (κ3) is 6.05. The summed E-state index contributed by atoms with van der Waals surface area (Å²) in [7, 11) is 5.96. The zero-order valence-corrected chi connectivity index (χ0v) is 17.7. The van der Waals surface area contributed by atoms with Crippen LogP contribution in [0.1, 0.15) is 5.56 Å². The van der Waals surface area contributed by atoms with E-state index in [1.807, 2.05) is 0 Å². The number of amides is 1. The second-order valence-electron chi connectivity index (χ2n) is 5.79. The lowest BCUT2D eigenvalue weighted by Gasteiger charge is -2.13. The van der Waals surface area contributed by atoms with Gasteiger partial charge in [0.15, 0.2) is 18.1 Å². The minimum Gasteiger partial charge on any atom is -0.495 e. The highest BCUT2D eigenvalue weighted by atomic mass is 35.5. The minimum absolute atomic E-state index is 0.295. The fourth-order valence-electron chi connectivity index (χ4n) is 2.45. The molecule has 30 heavy (non-hydrogen) atoms. The highest BCUT2D eigenvalue weighted by Gasteiger charge is 2.13. The van der Waals surface area contributed by atoms with Crippen LogP contribution in [0, 0.1) is 0 Å². The molecule has 1 amide bonds. The Morgan fingerprint density at radius 3 is 2.20 bits per heavy atom. The van der Waals surface area contributed by atoms with Crippen molar-refractivity contribution in [2.24, 2.45) is 0 Å². The van der Waals surface area contributed by atoms with Crippen LogP contribution in [0.25, 0.3) is 6.08 Å². The molecule has 0 saturated carbocycles. The van der Waals surface area contributed by atoms with Crippen molar-refractivity contribution in [3.63, 3.8) is 0 Å². The van der Waals surface area contributed by atoms with Crippen molar-refractivity contribution in [1.29, 1.82) is 0 Å². The van der Waals surface area contributed by atoms with Gasteiger partial charge in [-0.05, 0) is 29.8 Å². The number of nitrogens with one attached hydrogen (secondary N) is 1. The summed E-state index contributed by atoms with van der Waals surface area (Å²) >= 11 is 6.07. The van der Waals surface area contributed by atoms with Gasteiger partial charge in [-0.2, -0.15) is 0 Å². The first-order chi connectivity index (χ1) is 14.4. The standard InChI is InChI=1S/C21H22ClNO7/c1-26-16-7-5-13(9-19(16)29-4)6-8-21(25)30-12-20(24)23-15-10-14(22)17(27-2)11-18(15)28-3/h5-11H,12H2,1-4H3,(H,23,24). The molecular weight excluding hydrogens is 414 g/mol. The van der Waals surface area contributed by atoms with Crippen molar-refractivity contribution in [3.05, 3.63) is 47.0 Å². The zero-order valence-electron chi connectivity index (χ0n) is 17.0. The smallest absolute Gasteiger partial charge is 0.331 e. The SMILES string of the molecule is COc1cc(OC)c(NC(=O)COC(=O)C=Cc2ccc(OC)c(OC)c2)cc1Cl. The Morgan fingerprint density at radius 1 is 0.900 bits per heavy atom. The van der Waals surface area contributed by atoms with Crippen LogP contribution >= 0.6 is 11.6 Å². The molecule has 8 nitrogen and oxygen atoms in total. The van der Waals surface area contributed by atoms with Gasteiger partial charge in [0.05, 0.1) is 39.1 Å². The number of halogens is 1. The maximum Gasteiger partial charge on any atom is 0.331 e. The largest absolute Gasteiger partial charge is 0.495 e. The quantitative estimate of drug-likeness (QED) is 0.475. The van der Waals surface area contributed by atoms with Gasteiger partial charge in [0.2, 0.25) is 0 Å². The molecule has 0 saturated heterocycles. The van der Waals surface area contributed by atoms with Gasteiger partial charge < -0.3 is 29.0 Å². The summed E-state index contributed by atoms with van der Waals surface area (Å²) in [6.45, 7) is -0.484. The molecule has 0 aliphatic rings. The Kier molecular flexibility index (Phi) is 8.37. The molecule has 0 spiro atoms. The first-order valence-corrected chi connectivity index (χ1v) is 9.07. The van der Waals surface area contributed by atoms with E-state index in [1.165, 1.54) is 52.7 Å². The van der Waals surface area contributed by atoms with E-state index < -0.39 is 18.5 Å². The molecule has 2 aromatic carbocycles. The average Bonchev–Trinajstić information content (AvgIpc) is 2.76. The van der Waals surface area contributed by atoms with Crippen LogP contribution in [0.5, 0.6) is 23.0 Å². The zero-order chi connectivity index (χ0) is 22.1. The molecule has 1 N–H and O–H groups in total. The van der Waals surface area contributed by atoms with E-state index in [1.54, 1.807) is 18.2 Å². The van der Waals surface area contributed by atoms with Gasteiger partial charge in [-0.3, -0.25) is 4.79 Å². The van der Waals surface area contributed by atoms with Crippen molar-refractivity contribution >= 4 is 35.2 Å². The number of carbonyl (C=O) groups excluding carboxylic acids is 2. The third-order valence-electron chi connectivity index (χ3n) is 3.91.